The van der Waals surface area contributed by atoms with Crippen molar-refractivity contribution in [3.05, 3.63) is 60.2 Å². The first-order valence-electron chi connectivity index (χ1n) is 11.1. The summed E-state index contributed by atoms with van der Waals surface area (Å²) in [5.41, 5.74) is 2.71. The Kier molecular flexibility index (Phi) is 7.29. The summed E-state index contributed by atoms with van der Waals surface area (Å²) in [6.07, 6.45) is 2.46. The molecule has 1 fully saturated rings. The number of nitrogens with one attached hydrogen (secondary N) is 1. The van der Waals surface area contributed by atoms with Crippen molar-refractivity contribution >= 4 is 29.0 Å². The number of nitrogens with zero attached hydrogens (tertiary/aromatic N) is 5. The highest BCUT2D eigenvalue weighted by atomic mass is 32.2. The van der Waals surface area contributed by atoms with Gasteiger partial charge in [0.25, 0.3) is 0 Å². The third-order valence-electron chi connectivity index (χ3n) is 5.85. The van der Waals surface area contributed by atoms with E-state index in [2.05, 4.69) is 20.4 Å². The average Bonchev–Trinajstić information content (AvgIpc) is 3.49. The second-order valence-corrected chi connectivity index (χ2v) is 9.31. The van der Waals surface area contributed by atoms with Crippen LogP contribution in [0.3, 0.4) is 0 Å². The molecule has 0 bridgehead atoms. The van der Waals surface area contributed by atoms with Gasteiger partial charge < -0.3 is 10.2 Å². The minimum absolute atomic E-state index is 0.0140. The number of halogens is 1. The van der Waals surface area contributed by atoms with Gasteiger partial charge in [0.05, 0.1) is 11.8 Å². The quantitative estimate of drug-likeness (QED) is 0.496. The maximum Gasteiger partial charge on any atom is 0.234 e. The Hall–Kier alpha value is -2.91. The highest BCUT2D eigenvalue weighted by Gasteiger charge is 2.21. The lowest BCUT2D eigenvalue weighted by Crippen LogP contribution is -2.21. The molecule has 3 aromatic rings. The summed E-state index contributed by atoms with van der Waals surface area (Å²) >= 11 is 1.30. The summed E-state index contributed by atoms with van der Waals surface area (Å²) in [6, 6.07) is 14.2. The van der Waals surface area contributed by atoms with E-state index in [9.17, 15) is 9.18 Å². The van der Waals surface area contributed by atoms with Crippen LogP contribution in [0.1, 0.15) is 31.6 Å². The van der Waals surface area contributed by atoms with Crippen LogP contribution in [-0.4, -0.2) is 58.5 Å². The van der Waals surface area contributed by atoms with Gasteiger partial charge >= 0.3 is 0 Å². The van der Waals surface area contributed by atoms with Gasteiger partial charge in [0, 0.05) is 30.2 Å². The van der Waals surface area contributed by atoms with Crippen LogP contribution in [0.15, 0.2) is 53.7 Å². The molecule has 4 rings (SSSR count). The van der Waals surface area contributed by atoms with Gasteiger partial charge in [-0.15, -0.1) is 10.2 Å². The Morgan fingerprint density at radius 1 is 1.06 bits per heavy atom. The highest BCUT2D eigenvalue weighted by Crippen LogP contribution is 2.27. The number of hydrogen-bond acceptors (Lipinski definition) is 6. The summed E-state index contributed by atoms with van der Waals surface area (Å²) in [6.45, 7) is 4.20. The first-order chi connectivity index (χ1) is 15.9. The smallest absolute Gasteiger partial charge is 0.234 e. The van der Waals surface area contributed by atoms with Crippen LogP contribution < -0.4 is 10.2 Å². The summed E-state index contributed by atoms with van der Waals surface area (Å²) in [5.74, 6) is 0.485. The molecule has 9 heteroatoms. The van der Waals surface area contributed by atoms with Gasteiger partial charge in [-0.25, -0.2) is 4.39 Å². The monoisotopic (exact) mass is 468 g/mol. The zero-order valence-corrected chi connectivity index (χ0v) is 20.0. The van der Waals surface area contributed by atoms with Crippen molar-refractivity contribution in [3.8, 4) is 5.69 Å². The maximum absolute atomic E-state index is 13.5. The molecule has 1 saturated heterocycles. The molecule has 0 unspecified atom stereocenters. The zero-order valence-electron chi connectivity index (χ0n) is 19.2. The lowest BCUT2D eigenvalue weighted by Gasteiger charge is -2.20. The van der Waals surface area contributed by atoms with E-state index in [0.29, 0.717) is 5.16 Å². The Morgan fingerprint density at radius 2 is 1.70 bits per heavy atom. The van der Waals surface area contributed by atoms with Crippen molar-refractivity contribution in [2.45, 2.75) is 31.0 Å². The van der Waals surface area contributed by atoms with E-state index in [-0.39, 0.29) is 23.5 Å². The number of benzene rings is 2. The largest absolute Gasteiger partial charge is 0.372 e. The molecule has 0 aliphatic carbocycles. The lowest BCUT2D eigenvalue weighted by atomic mass is 10.2. The molecular formula is C24H29FN6OS. The topological polar surface area (TPSA) is 66.3 Å². The number of anilines is 2. The summed E-state index contributed by atoms with van der Waals surface area (Å²) in [7, 11) is 3.92. The van der Waals surface area contributed by atoms with Gasteiger partial charge in [0.2, 0.25) is 5.91 Å². The molecule has 1 atom stereocenters. The van der Waals surface area contributed by atoms with E-state index >= 15 is 0 Å². The number of aromatic nitrogens is 3. The molecule has 33 heavy (non-hydrogen) atoms. The summed E-state index contributed by atoms with van der Waals surface area (Å²) < 4.78 is 15.4. The molecular weight excluding hydrogens is 439 g/mol. The maximum atomic E-state index is 13.5. The van der Waals surface area contributed by atoms with E-state index in [4.69, 9.17) is 0 Å². The Bertz CT molecular complexity index is 1080. The van der Waals surface area contributed by atoms with Crippen LogP contribution in [0.2, 0.25) is 0 Å². The van der Waals surface area contributed by atoms with Crippen LogP contribution in [0.25, 0.3) is 5.69 Å². The first kappa shape index (κ1) is 23.3. The highest BCUT2D eigenvalue weighted by molar-refractivity contribution is 7.99. The molecule has 1 aliphatic rings. The van der Waals surface area contributed by atoms with Crippen molar-refractivity contribution in [1.82, 2.24) is 19.7 Å². The van der Waals surface area contributed by atoms with Crippen LogP contribution in [0.4, 0.5) is 15.8 Å². The molecule has 1 N–H and O–H groups in total. The molecule has 2 aromatic carbocycles. The van der Waals surface area contributed by atoms with Crippen LogP contribution >= 0.6 is 11.8 Å². The molecule has 0 radical (unpaired) electrons. The third kappa shape index (κ3) is 5.54. The van der Waals surface area contributed by atoms with E-state index in [1.165, 1.54) is 42.4 Å². The van der Waals surface area contributed by atoms with Crippen molar-refractivity contribution in [3.63, 3.8) is 0 Å². The molecule has 2 heterocycles. The Labute approximate surface area is 198 Å². The number of hydrogen-bond donors (Lipinski definition) is 1. The van der Waals surface area contributed by atoms with E-state index in [0.717, 1.165) is 30.3 Å². The number of amides is 1. The van der Waals surface area contributed by atoms with Gasteiger partial charge in [-0.1, -0.05) is 11.8 Å². The first-order valence-corrected chi connectivity index (χ1v) is 12.1. The molecule has 0 saturated carbocycles. The van der Waals surface area contributed by atoms with Gasteiger partial charge in [-0.2, -0.15) is 0 Å². The lowest BCUT2D eigenvalue weighted by molar-refractivity contribution is -0.113. The van der Waals surface area contributed by atoms with E-state index < -0.39 is 0 Å². The van der Waals surface area contributed by atoms with Gasteiger partial charge in [0.15, 0.2) is 11.0 Å². The van der Waals surface area contributed by atoms with Crippen molar-refractivity contribution < 1.29 is 9.18 Å². The average molecular weight is 469 g/mol. The van der Waals surface area contributed by atoms with Gasteiger partial charge in [-0.3, -0.25) is 14.3 Å². The zero-order chi connectivity index (χ0) is 23.4. The van der Waals surface area contributed by atoms with Crippen LogP contribution in [0, 0.1) is 5.82 Å². The van der Waals surface area contributed by atoms with Gasteiger partial charge in [0.1, 0.15) is 5.82 Å². The normalized spacial score (nSPS) is 14.6. The number of thioether (sulfide) groups is 1. The second kappa shape index (κ2) is 10.4. The van der Waals surface area contributed by atoms with Crippen molar-refractivity contribution in [1.29, 1.82) is 0 Å². The summed E-state index contributed by atoms with van der Waals surface area (Å²) in [4.78, 5) is 17.0. The minimum atomic E-state index is -0.307. The van der Waals surface area contributed by atoms with Crippen molar-refractivity contribution in [2.24, 2.45) is 0 Å². The molecule has 1 aromatic heterocycles. The number of carbonyl (C=O) groups is 1. The van der Waals surface area contributed by atoms with Gasteiger partial charge in [-0.05, 0) is 82.4 Å². The fraction of sp³-hybridized carbons (Fsp3) is 0.375. The molecule has 1 amide bonds. The third-order valence-corrected chi connectivity index (χ3v) is 6.78. The number of carbonyl (C=O) groups excluding carboxylic acids is 1. The molecule has 1 aliphatic heterocycles. The van der Waals surface area contributed by atoms with Crippen molar-refractivity contribution in [2.75, 3.05) is 43.2 Å². The van der Waals surface area contributed by atoms with Crippen LogP contribution in [0.5, 0.6) is 0 Å². The van der Waals surface area contributed by atoms with E-state index in [1.54, 1.807) is 12.1 Å². The molecule has 174 valence electrons. The Balaban J connectivity index is 1.45. The molecule has 7 nitrogen and oxygen atoms in total. The summed E-state index contributed by atoms with van der Waals surface area (Å²) in [5, 5.41) is 12.2. The standard InChI is InChI=1S/C24H29FN6OS/c1-17(29(2)3)23-27-28-24(31(23)21-10-6-18(25)7-11-21)33-16-22(32)26-19-8-12-20(13-9-19)30-14-4-5-15-30/h6-13,17H,4-5,14-16H2,1-3H3,(H,26,32)/t17-/m0/s1. The fourth-order valence-electron chi connectivity index (χ4n) is 3.77. The minimum Gasteiger partial charge on any atom is -0.372 e. The predicted octanol–water partition coefficient (Wildman–Crippen LogP) is 4.36. The second-order valence-electron chi connectivity index (χ2n) is 8.37. The van der Waals surface area contributed by atoms with Crippen LogP contribution in [-0.2, 0) is 4.79 Å². The number of rotatable bonds is 8. The SMILES string of the molecule is C[C@@H](c1nnc(SCC(=O)Nc2ccc(N3CCCC3)cc2)n1-c1ccc(F)cc1)N(C)C. The predicted molar refractivity (Wildman–Crippen MR) is 131 cm³/mol. The fourth-order valence-corrected chi connectivity index (χ4v) is 4.53. The molecule has 0 spiro atoms. The van der Waals surface area contributed by atoms with E-state index in [1.807, 2.05) is 54.8 Å². The Morgan fingerprint density at radius 3 is 2.33 bits per heavy atom.